The smallest absolute Gasteiger partial charge is 0.269 e. The summed E-state index contributed by atoms with van der Waals surface area (Å²) in [6.07, 6.45) is 0. The average Bonchev–Trinajstić information content (AvgIpc) is 2.83. The number of benzene rings is 1. The highest BCUT2D eigenvalue weighted by Crippen LogP contribution is 2.13. The Balaban J connectivity index is 1.93. The quantitative estimate of drug-likeness (QED) is 0.844. The van der Waals surface area contributed by atoms with Gasteiger partial charge in [-0.05, 0) is 43.3 Å². The maximum atomic E-state index is 11.8. The van der Waals surface area contributed by atoms with Crippen molar-refractivity contribution in [2.24, 2.45) is 0 Å². The minimum atomic E-state index is -0.277. The van der Waals surface area contributed by atoms with Gasteiger partial charge in [0.2, 0.25) is 0 Å². The molecule has 0 aliphatic carbocycles. The van der Waals surface area contributed by atoms with E-state index in [-0.39, 0.29) is 5.91 Å². The topological polar surface area (TPSA) is 54.3 Å². The van der Waals surface area contributed by atoms with Crippen molar-refractivity contribution in [3.05, 3.63) is 65.1 Å². The zero-order valence-corrected chi connectivity index (χ0v) is 11.1. The predicted octanol–water partition coefficient (Wildman–Crippen LogP) is 3.15. The monoisotopic (exact) mass is 276 g/mol. The molecule has 0 unspecified atom stereocenters. The number of hydrogen-bond acceptors (Lipinski definition) is 3. The van der Waals surface area contributed by atoms with Gasteiger partial charge in [0.05, 0.1) is 5.70 Å². The molecule has 0 bridgehead atoms. The largest absolute Gasteiger partial charge is 0.460 e. The Hall–Kier alpha value is -2.20. The molecule has 2 aromatic rings. The Morgan fingerprint density at radius 2 is 1.84 bits per heavy atom. The van der Waals surface area contributed by atoms with E-state index in [0.29, 0.717) is 22.0 Å². The molecule has 0 spiro atoms. The highest BCUT2D eigenvalue weighted by molar-refractivity contribution is 6.30. The summed E-state index contributed by atoms with van der Waals surface area (Å²) in [4.78, 5) is 11.8. The molecule has 0 saturated heterocycles. The summed E-state index contributed by atoms with van der Waals surface area (Å²) in [7, 11) is 0. The molecule has 0 fully saturated rings. The summed E-state index contributed by atoms with van der Waals surface area (Å²) in [6, 6.07) is 10.2. The third-order valence-corrected chi connectivity index (χ3v) is 2.72. The number of rotatable bonds is 4. The Morgan fingerprint density at radius 1 is 1.16 bits per heavy atom. The van der Waals surface area contributed by atoms with E-state index in [0.717, 1.165) is 5.76 Å². The third-order valence-electron chi connectivity index (χ3n) is 2.47. The molecule has 19 heavy (non-hydrogen) atoms. The highest BCUT2D eigenvalue weighted by atomic mass is 35.5. The van der Waals surface area contributed by atoms with E-state index < -0.39 is 0 Å². The van der Waals surface area contributed by atoms with Crippen LogP contribution in [0.5, 0.6) is 0 Å². The van der Waals surface area contributed by atoms with Crippen molar-refractivity contribution in [2.45, 2.75) is 6.92 Å². The predicted molar refractivity (Wildman–Crippen MR) is 74.5 cm³/mol. The van der Waals surface area contributed by atoms with Gasteiger partial charge in [-0.25, -0.2) is 0 Å². The SMILES string of the molecule is C=C(NNC(=O)c1ccc(Cl)cc1)c1ccc(C)o1. The Labute approximate surface area is 116 Å². The maximum absolute atomic E-state index is 11.8. The molecule has 2 rings (SSSR count). The van der Waals surface area contributed by atoms with Crippen LogP contribution < -0.4 is 10.9 Å². The highest BCUT2D eigenvalue weighted by Gasteiger charge is 2.07. The minimum Gasteiger partial charge on any atom is -0.460 e. The lowest BCUT2D eigenvalue weighted by molar-refractivity contribution is 0.0942. The lowest BCUT2D eigenvalue weighted by Gasteiger charge is -2.09. The van der Waals surface area contributed by atoms with Crippen LogP contribution in [-0.2, 0) is 0 Å². The molecule has 98 valence electrons. The summed E-state index contributed by atoms with van der Waals surface area (Å²) in [5.74, 6) is 1.08. The van der Waals surface area contributed by atoms with Crippen molar-refractivity contribution >= 4 is 23.2 Å². The van der Waals surface area contributed by atoms with Gasteiger partial charge in [-0.15, -0.1) is 0 Å². The molecule has 5 heteroatoms. The zero-order valence-electron chi connectivity index (χ0n) is 10.4. The van der Waals surface area contributed by atoms with Crippen molar-refractivity contribution in [1.82, 2.24) is 10.9 Å². The number of nitrogens with one attached hydrogen (secondary N) is 2. The van der Waals surface area contributed by atoms with Gasteiger partial charge < -0.3 is 4.42 Å². The molecule has 1 aromatic heterocycles. The van der Waals surface area contributed by atoms with Gasteiger partial charge in [-0.2, -0.15) is 0 Å². The van der Waals surface area contributed by atoms with Gasteiger partial charge >= 0.3 is 0 Å². The fourth-order valence-corrected chi connectivity index (χ4v) is 1.59. The fraction of sp³-hybridized carbons (Fsp3) is 0.0714. The molecule has 0 radical (unpaired) electrons. The maximum Gasteiger partial charge on any atom is 0.269 e. The minimum absolute atomic E-state index is 0.277. The van der Waals surface area contributed by atoms with Crippen LogP contribution in [0.1, 0.15) is 21.9 Å². The Morgan fingerprint density at radius 3 is 2.42 bits per heavy atom. The van der Waals surface area contributed by atoms with Crippen LogP contribution in [0.15, 0.2) is 47.4 Å². The molecular weight excluding hydrogens is 264 g/mol. The van der Waals surface area contributed by atoms with E-state index in [1.165, 1.54) is 0 Å². The first kappa shape index (κ1) is 13.2. The van der Waals surface area contributed by atoms with Crippen molar-refractivity contribution in [3.63, 3.8) is 0 Å². The second-order valence-corrected chi connectivity index (χ2v) is 4.41. The summed E-state index contributed by atoms with van der Waals surface area (Å²) in [5, 5.41) is 0.583. The van der Waals surface area contributed by atoms with Crippen LogP contribution in [-0.4, -0.2) is 5.91 Å². The van der Waals surface area contributed by atoms with Crippen LogP contribution in [0, 0.1) is 6.92 Å². The summed E-state index contributed by atoms with van der Waals surface area (Å²) in [5.41, 5.74) is 6.22. The van der Waals surface area contributed by atoms with Gasteiger partial charge in [0, 0.05) is 10.6 Å². The number of carbonyl (C=O) groups is 1. The van der Waals surface area contributed by atoms with E-state index in [4.69, 9.17) is 16.0 Å². The van der Waals surface area contributed by atoms with Crippen molar-refractivity contribution in [2.75, 3.05) is 0 Å². The van der Waals surface area contributed by atoms with Gasteiger partial charge in [-0.3, -0.25) is 15.6 Å². The molecule has 1 amide bonds. The number of hydrazine groups is 1. The first-order valence-corrected chi connectivity index (χ1v) is 6.01. The van der Waals surface area contributed by atoms with Crippen LogP contribution in [0.3, 0.4) is 0 Å². The van der Waals surface area contributed by atoms with E-state index >= 15 is 0 Å². The third kappa shape index (κ3) is 3.39. The lowest BCUT2D eigenvalue weighted by atomic mass is 10.2. The van der Waals surface area contributed by atoms with E-state index in [2.05, 4.69) is 17.4 Å². The normalized spacial score (nSPS) is 10.0. The number of hydrogen-bond donors (Lipinski definition) is 2. The second kappa shape index (κ2) is 5.63. The molecule has 0 atom stereocenters. The number of furan rings is 1. The van der Waals surface area contributed by atoms with Gasteiger partial charge in [-0.1, -0.05) is 18.2 Å². The van der Waals surface area contributed by atoms with E-state index in [1.807, 2.05) is 13.0 Å². The number of amides is 1. The van der Waals surface area contributed by atoms with Crippen LogP contribution in [0.2, 0.25) is 5.02 Å². The summed E-state index contributed by atoms with van der Waals surface area (Å²) in [6.45, 7) is 5.61. The molecule has 1 heterocycles. The van der Waals surface area contributed by atoms with Crippen molar-refractivity contribution < 1.29 is 9.21 Å². The molecule has 1 aromatic carbocycles. The molecule has 0 saturated carbocycles. The molecular formula is C14H13ClN2O2. The van der Waals surface area contributed by atoms with Crippen molar-refractivity contribution in [1.29, 1.82) is 0 Å². The second-order valence-electron chi connectivity index (χ2n) is 3.97. The number of halogens is 1. The Kier molecular flexibility index (Phi) is 3.92. The lowest BCUT2D eigenvalue weighted by Crippen LogP contribution is -2.35. The average molecular weight is 277 g/mol. The van der Waals surface area contributed by atoms with E-state index in [1.54, 1.807) is 30.3 Å². The fourth-order valence-electron chi connectivity index (χ4n) is 1.46. The summed E-state index contributed by atoms with van der Waals surface area (Å²) < 4.78 is 5.37. The Bertz CT molecular complexity index is 602. The molecule has 0 aliphatic heterocycles. The molecule has 0 aliphatic rings. The first-order valence-electron chi connectivity index (χ1n) is 5.64. The van der Waals surface area contributed by atoms with Gasteiger partial charge in [0.25, 0.3) is 5.91 Å². The standard InChI is InChI=1S/C14H13ClN2O2/c1-9-3-8-13(19-9)10(2)16-17-14(18)11-4-6-12(15)7-5-11/h3-8,16H,2H2,1H3,(H,17,18). The van der Waals surface area contributed by atoms with Gasteiger partial charge in [0.1, 0.15) is 5.76 Å². The summed E-state index contributed by atoms with van der Waals surface area (Å²) >= 11 is 5.75. The molecule has 2 N–H and O–H groups in total. The van der Waals surface area contributed by atoms with Gasteiger partial charge in [0.15, 0.2) is 5.76 Å². The van der Waals surface area contributed by atoms with E-state index in [9.17, 15) is 4.79 Å². The van der Waals surface area contributed by atoms with Crippen molar-refractivity contribution in [3.8, 4) is 0 Å². The number of carbonyl (C=O) groups excluding carboxylic acids is 1. The first-order chi connectivity index (χ1) is 9.06. The van der Waals surface area contributed by atoms with Crippen LogP contribution >= 0.6 is 11.6 Å². The molecule has 4 nitrogen and oxygen atoms in total. The number of aryl methyl sites for hydroxylation is 1. The zero-order chi connectivity index (χ0) is 13.8. The van der Waals surface area contributed by atoms with Crippen LogP contribution in [0.25, 0.3) is 5.70 Å². The van der Waals surface area contributed by atoms with Crippen LogP contribution in [0.4, 0.5) is 0 Å².